The Labute approximate surface area is 242 Å². The average molecular weight is 555 g/mol. The zero-order valence-electron chi connectivity index (χ0n) is 26.0. The van der Waals surface area contributed by atoms with Gasteiger partial charge in [-0.05, 0) is 72.5 Å². The maximum atomic E-state index is 14.2. The summed E-state index contributed by atoms with van der Waals surface area (Å²) >= 11 is 0. The van der Waals surface area contributed by atoms with Crippen LogP contribution in [-0.2, 0) is 31.6 Å². The number of aryl methyl sites for hydroxylation is 1. The van der Waals surface area contributed by atoms with E-state index in [2.05, 4.69) is 59.0 Å². The van der Waals surface area contributed by atoms with E-state index >= 15 is 0 Å². The molecule has 40 heavy (non-hydrogen) atoms. The summed E-state index contributed by atoms with van der Waals surface area (Å²) in [5.41, 5.74) is 1.66. The van der Waals surface area contributed by atoms with E-state index in [0.29, 0.717) is 25.1 Å². The van der Waals surface area contributed by atoms with Gasteiger partial charge in [-0.15, -0.1) is 0 Å². The maximum Gasteiger partial charge on any atom is 0.246 e. The van der Waals surface area contributed by atoms with Gasteiger partial charge in [-0.3, -0.25) is 9.59 Å². The molecule has 0 spiro atoms. The highest BCUT2D eigenvalue weighted by atomic mass is 16.5. The van der Waals surface area contributed by atoms with Crippen molar-refractivity contribution in [2.24, 2.45) is 0 Å². The minimum absolute atomic E-state index is 0.00399. The van der Waals surface area contributed by atoms with E-state index in [4.69, 9.17) is 4.74 Å². The van der Waals surface area contributed by atoms with Crippen LogP contribution in [0.1, 0.15) is 135 Å². The van der Waals surface area contributed by atoms with Crippen LogP contribution in [0, 0.1) is 0 Å². The quantitative estimate of drug-likeness (QED) is 0.375. The van der Waals surface area contributed by atoms with Gasteiger partial charge in [0.1, 0.15) is 11.3 Å². The smallest absolute Gasteiger partial charge is 0.246 e. The van der Waals surface area contributed by atoms with Crippen molar-refractivity contribution in [2.75, 3.05) is 13.2 Å². The van der Waals surface area contributed by atoms with Crippen LogP contribution in [0.2, 0.25) is 0 Å². The number of amides is 2. The predicted molar refractivity (Wildman–Crippen MR) is 161 cm³/mol. The van der Waals surface area contributed by atoms with E-state index in [1.165, 1.54) is 0 Å². The Bertz CT molecular complexity index is 998. The molecule has 3 aliphatic rings. The zero-order valence-corrected chi connectivity index (χ0v) is 26.0. The predicted octanol–water partition coefficient (Wildman–Crippen LogP) is 6.69. The number of phenols is 1. The Kier molecular flexibility index (Phi) is 9.59. The molecule has 6 nitrogen and oxygen atoms in total. The van der Waals surface area contributed by atoms with Crippen molar-refractivity contribution in [3.05, 3.63) is 28.8 Å². The monoisotopic (exact) mass is 554 g/mol. The molecule has 2 saturated carbocycles. The number of benzene rings is 1. The summed E-state index contributed by atoms with van der Waals surface area (Å²) in [4.78, 5) is 30.2. The lowest BCUT2D eigenvalue weighted by Gasteiger charge is -2.46. The fraction of sp³-hybridized carbons (Fsp3) is 0.765. The summed E-state index contributed by atoms with van der Waals surface area (Å²) in [7, 11) is 0. The summed E-state index contributed by atoms with van der Waals surface area (Å²) < 4.78 is 6.01. The summed E-state index contributed by atoms with van der Waals surface area (Å²) in [5, 5.41) is 14.5. The van der Waals surface area contributed by atoms with Gasteiger partial charge >= 0.3 is 0 Å². The third kappa shape index (κ3) is 7.03. The molecule has 4 rings (SSSR count). The van der Waals surface area contributed by atoms with Gasteiger partial charge in [0, 0.05) is 25.6 Å². The van der Waals surface area contributed by atoms with Gasteiger partial charge in [0.2, 0.25) is 11.8 Å². The van der Waals surface area contributed by atoms with Crippen molar-refractivity contribution in [1.29, 1.82) is 0 Å². The summed E-state index contributed by atoms with van der Waals surface area (Å²) in [5.74, 6) is 0.460. The molecule has 2 N–H and O–H groups in total. The average Bonchev–Trinajstić information content (AvgIpc) is 3.60. The molecule has 1 aliphatic heterocycles. The number of ether oxygens (including phenoxy) is 1. The van der Waals surface area contributed by atoms with E-state index in [0.717, 1.165) is 93.9 Å². The molecule has 224 valence electrons. The third-order valence-electron chi connectivity index (χ3n) is 9.43. The second-order valence-corrected chi connectivity index (χ2v) is 14.7. The van der Waals surface area contributed by atoms with Crippen LogP contribution < -0.4 is 5.32 Å². The molecule has 3 fully saturated rings. The first kappa shape index (κ1) is 30.9. The van der Waals surface area contributed by atoms with Crippen LogP contribution in [0.25, 0.3) is 0 Å². The number of carbonyl (C=O) groups excluding carboxylic acids is 2. The number of nitrogens with zero attached hydrogens (tertiary/aromatic N) is 1. The Morgan fingerprint density at radius 3 is 2.05 bits per heavy atom. The maximum absolute atomic E-state index is 14.2. The number of rotatable bonds is 8. The normalized spacial score (nSPS) is 21.9. The number of carbonyl (C=O) groups is 2. The SMILES string of the molecule is CC(C)(C)c1cc(CCC(=O)N(C[C@@H]2CCCO2)C2(C(=O)NC3CCCC3)CCCCC2)cc(C(C)(C)C)c1O. The second-order valence-electron chi connectivity index (χ2n) is 14.7. The molecule has 0 unspecified atom stereocenters. The van der Waals surface area contributed by atoms with Crippen LogP contribution in [0.5, 0.6) is 5.75 Å². The van der Waals surface area contributed by atoms with Gasteiger partial charge in [-0.1, -0.05) is 85.8 Å². The molecule has 0 aromatic heterocycles. The second kappa shape index (κ2) is 12.4. The highest BCUT2D eigenvalue weighted by Gasteiger charge is 2.48. The Morgan fingerprint density at radius 1 is 0.925 bits per heavy atom. The number of hydrogen-bond acceptors (Lipinski definition) is 4. The highest BCUT2D eigenvalue weighted by Crippen LogP contribution is 2.41. The van der Waals surface area contributed by atoms with E-state index in [9.17, 15) is 14.7 Å². The largest absolute Gasteiger partial charge is 0.507 e. The minimum Gasteiger partial charge on any atom is -0.507 e. The first-order chi connectivity index (χ1) is 18.8. The van der Waals surface area contributed by atoms with Gasteiger partial charge in [0.15, 0.2) is 0 Å². The van der Waals surface area contributed by atoms with E-state index in [1.807, 2.05) is 4.90 Å². The van der Waals surface area contributed by atoms with Crippen LogP contribution >= 0.6 is 0 Å². The van der Waals surface area contributed by atoms with Gasteiger partial charge in [-0.2, -0.15) is 0 Å². The molecule has 1 aromatic rings. The van der Waals surface area contributed by atoms with E-state index in [-0.39, 0.29) is 34.8 Å². The molecule has 0 bridgehead atoms. The fourth-order valence-electron chi connectivity index (χ4n) is 7.02. The Balaban J connectivity index is 1.62. The molecule has 6 heteroatoms. The Morgan fingerprint density at radius 2 is 1.52 bits per heavy atom. The minimum atomic E-state index is -0.786. The molecule has 1 aromatic carbocycles. The molecule has 2 amide bonds. The molecule has 0 radical (unpaired) electrons. The van der Waals surface area contributed by atoms with Crippen molar-refractivity contribution >= 4 is 11.8 Å². The van der Waals surface area contributed by atoms with Crippen molar-refractivity contribution < 1.29 is 19.4 Å². The van der Waals surface area contributed by atoms with Gasteiger partial charge in [0.05, 0.1) is 6.10 Å². The lowest BCUT2D eigenvalue weighted by atomic mass is 9.77. The molecular formula is C34H54N2O4. The van der Waals surface area contributed by atoms with Gasteiger partial charge in [0.25, 0.3) is 0 Å². The lowest BCUT2D eigenvalue weighted by Crippen LogP contribution is -2.64. The Hall–Kier alpha value is -2.08. The molecule has 1 atom stereocenters. The molecular weight excluding hydrogens is 500 g/mol. The van der Waals surface area contributed by atoms with Crippen molar-refractivity contribution in [3.8, 4) is 5.75 Å². The van der Waals surface area contributed by atoms with Crippen LogP contribution in [0.3, 0.4) is 0 Å². The van der Waals surface area contributed by atoms with Gasteiger partial charge in [-0.25, -0.2) is 0 Å². The topological polar surface area (TPSA) is 78.9 Å². The third-order valence-corrected chi connectivity index (χ3v) is 9.43. The van der Waals surface area contributed by atoms with Crippen LogP contribution in [0.15, 0.2) is 12.1 Å². The summed E-state index contributed by atoms with van der Waals surface area (Å²) in [6.45, 7) is 13.9. The lowest BCUT2D eigenvalue weighted by molar-refractivity contribution is -0.153. The molecule has 2 aliphatic carbocycles. The molecule has 1 heterocycles. The molecule has 1 saturated heterocycles. The number of hydrogen-bond donors (Lipinski definition) is 2. The summed E-state index contributed by atoms with van der Waals surface area (Å²) in [6.07, 6.45) is 11.8. The first-order valence-electron chi connectivity index (χ1n) is 15.9. The zero-order chi connectivity index (χ0) is 29.1. The van der Waals surface area contributed by atoms with E-state index < -0.39 is 5.54 Å². The van der Waals surface area contributed by atoms with Crippen molar-refractivity contribution in [3.63, 3.8) is 0 Å². The van der Waals surface area contributed by atoms with Crippen molar-refractivity contribution in [2.45, 2.75) is 154 Å². The number of nitrogens with one attached hydrogen (secondary N) is 1. The number of phenolic OH excluding ortho intramolecular Hbond substituents is 1. The van der Waals surface area contributed by atoms with Gasteiger partial charge < -0.3 is 20.1 Å². The fourth-order valence-corrected chi connectivity index (χ4v) is 7.02. The highest BCUT2D eigenvalue weighted by molar-refractivity contribution is 5.92. The van der Waals surface area contributed by atoms with E-state index in [1.54, 1.807) is 0 Å². The first-order valence-corrected chi connectivity index (χ1v) is 15.9. The van der Waals surface area contributed by atoms with Crippen LogP contribution in [0.4, 0.5) is 0 Å². The standard InChI is InChI=1S/C34H54N2O4/c1-32(2,3)27-21-24(22-28(30(27)38)33(4,5)6)16-17-29(37)36(23-26-15-12-20-40-26)34(18-10-7-11-19-34)31(39)35-25-13-8-9-14-25/h21-22,25-26,38H,7-20,23H2,1-6H3,(H,35,39)/t26-/m0/s1. The van der Waals surface area contributed by atoms with Crippen LogP contribution in [-0.4, -0.2) is 52.7 Å². The van der Waals surface area contributed by atoms with Crippen molar-refractivity contribution in [1.82, 2.24) is 10.2 Å². The summed E-state index contributed by atoms with van der Waals surface area (Å²) in [6, 6.07) is 4.38. The number of aromatic hydroxyl groups is 1.